The largest absolute Gasteiger partial charge is 0.508 e. The third kappa shape index (κ3) is 18.1. The molecule has 1 aromatic rings. The Balaban J connectivity index is 0.00000841. The average molecular weight is 517 g/mol. The number of thioether (sulfide) groups is 1. The van der Waals surface area contributed by atoms with Gasteiger partial charge >= 0.3 is 12.1 Å². The van der Waals surface area contributed by atoms with Gasteiger partial charge in [-0.25, -0.2) is 4.79 Å². The summed E-state index contributed by atoms with van der Waals surface area (Å²) in [5, 5.41) is 0. The van der Waals surface area contributed by atoms with Crippen LogP contribution in [-0.2, 0) is 67.8 Å². The van der Waals surface area contributed by atoms with E-state index in [0.717, 1.165) is 17.7 Å². The second kappa shape index (κ2) is 18.0. The number of ether oxygens (including phenoxy) is 5. The Morgan fingerprint density at radius 1 is 0.900 bits per heavy atom. The monoisotopic (exact) mass is 517 g/mol. The smallest absolute Gasteiger partial charge is 0.460 e. The summed E-state index contributed by atoms with van der Waals surface area (Å²) in [6.07, 6.45) is 0.150. The second-order valence-electron chi connectivity index (χ2n) is 7.09. The Hall–Kier alpha value is -0.666. The fraction of sp³-hybridized carbons (Fsp3) is 0.619. The van der Waals surface area contributed by atoms with Crippen molar-refractivity contribution in [2.24, 2.45) is 0 Å². The van der Waals surface area contributed by atoms with E-state index in [1.807, 2.05) is 30.3 Å². The molecule has 0 aliphatic rings. The number of carbonyl (C=O) groups excluding carboxylic acids is 2. The Morgan fingerprint density at radius 2 is 1.53 bits per heavy atom. The van der Waals surface area contributed by atoms with E-state index in [0.29, 0.717) is 38.8 Å². The van der Waals surface area contributed by atoms with E-state index in [2.05, 4.69) is 0 Å². The van der Waals surface area contributed by atoms with E-state index in [-0.39, 0.29) is 45.3 Å². The van der Waals surface area contributed by atoms with Gasteiger partial charge in [0.1, 0.15) is 18.8 Å². The predicted octanol–water partition coefficient (Wildman–Crippen LogP) is 3.84. The molecule has 167 valence electrons. The van der Waals surface area contributed by atoms with Crippen LogP contribution in [0.1, 0.15) is 32.8 Å². The summed E-state index contributed by atoms with van der Waals surface area (Å²) >= 11 is 1.53. The molecule has 0 spiro atoms. The van der Waals surface area contributed by atoms with Gasteiger partial charge in [0.15, 0.2) is 0 Å². The van der Waals surface area contributed by atoms with Gasteiger partial charge in [-0.05, 0) is 38.5 Å². The SMILES string of the molecule is CC(C)(C)OC(=O)OCCOCCOCCCSCC(=O)OCc1ccccc1.[Y]. The molecular weight excluding hydrogens is 485 g/mol. The maximum Gasteiger partial charge on any atom is 0.508 e. The number of carbonyl (C=O) groups is 2. The maximum atomic E-state index is 11.7. The summed E-state index contributed by atoms with van der Waals surface area (Å²) in [7, 11) is 0. The van der Waals surface area contributed by atoms with Crippen molar-refractivity contribution in [1.82, 2.24) is 0 Å². The van der Waals surface area contributed by atoms with Crippen molar-refractivity contribution in [3.05, 3.63) is 35.9 Å². The number of hydrogen-bond donors (Lipinski definition) is 0. The maximum absolute atomic E-state index is 11.7. The quantitative estimate of drug-likeness (QED) is 0.272. The Labute approximate surface area is 208 Å². The molecule has 0 amide bonds. The van der Waals surface area contributed by atoms with Crippen LogP contribution in [0.4, 0.5) is 4.79 Å². The molecular formula is C21H32O7SY. The van der Waals surface area contributed by atoms with E-state index in [4.69, 9.17) is 23.7 Å². The number of benzene rings is 1. The summed E-state index contributed by atoms with van der Waals surface area (Å²) in [6.45, 7) is 7.58. The van der Waals surface area contributed by atoms with Gasteiger partial charge in [-0.15, -0.1) is 0 Å². The molecule has 7 nitrogen and oxygen atoms in total. The third-order valence-corrected chi connectivity index (χ3v) is 4.27. The fourth-order valence-corrected chi connectivity index (χ4v) is 2.70. The van der Waals surface area contributed by atoms with Gasteiger partial charge in [0.05, 0.1) is 25.6 Å². The van der Waals surface area contributed by atoms with Gasteiger partial charge in [-0.1, -0.05) is 30.3 Å². The zero-order valence-corrected chi connectivity index (χ0v) is 21.7. The first-order chi connectivity index (χ1) is 13.9. The second-order valence-corrected chi connectivity index (χ2v) is 8.20. The van der Waals surface area contributed by atoms with Crippen molar-refractivity contribution in [1.29, 1.82) is 0 Å². The summed E-state index contributed by atoms with van der Waals surface area (Å²) in [5.41, 5.74) is 0.421. The minimum atomic E-state index is -0.696. The average Bonchev–Trinajstić information content (AvgIpc) is 2.66. The van der Waals surface area contributed by atoms with Crippen LogP contribution in [0, 0.1) is 0 Å². The van der Waals surface area contributed by atoms with Crippen LogP contribution in [0.5, 0.6) is 0 Å². The molecule has 0 atom stereocenters. The van der Waals surface area contributed by atoms with Crippen LogP contribution < -0.4 is 0 Å². The fourth-order valence-electron chi connectivity index (χ4n) is 1.98. The summed E-state index contributed by atoms with van der Waals surface area (Å²) in [4.78, 5) is 23.0. The summed E-state index contributed by atoms with van der Waals surface area (Å²) in [5.74, 6) is 0.959. The molecule has 1 rings (SSSR count). The van der Waals surface area contributed by atoms with Crippen LogP contribution >= 0.6 is 11.8 Å². The van der Waals surface area contributed by atoms with Crippen molar-refractivity contribution in [2.75, 3.05) is 44.5 Å². The standard InChI is InChI=1S/C21H32O7S.Y/c1-21(2,3)28-20(23)26-14-13-25-12-11-24-10-7-15-29-17-19(22)27-16-18-8-5-4-6-9-18;/h4-6,8-9H,7,10-17H2,1-3H3;. The molecule has 0 fully saturated rings. The first kappa shape index (κ1) is 29.3. The molecule has 0 aromatic heterocycles. The molecule has 9 heteroatoms. The van der Waals surface area contributed by atoms with Gasteiger partial charge in [-0.3, -0.25) is 4.79 Å². The minimum absolute atomic E-state index is 0. The number of hydrogen-bond acceptors (Lipinski definition) is 8. The van der Waals surface area contributed by atoms with Crippen molar-refractivity contribution >= 4 is 23.9 Å². The van der Waals surface area contributed by atoms with Crippen molar-refractivity contribution in [2.45, 2.75) is 39.4 Å². The van der Waals surface area contributed by atoms with Crippen molar-refractivity contribution < 1.29 is 66.0 Å². The Morgan fingerprint density at radius 3 is 2.20 bits per heavy atom. The number of rotatable bonds is 14. The van der Waals surface area contributed by atoms with Gasteiger partial charge in [-0.2, -0.15) is 11.8 Å². The summed E-state index contributed by atoms with van der Waals surface area (Å²) < 4.78 is 25.9. The Kier molecular flexibility index (Phi) is 17.6. The number of esters is 1. The molecule has 0 aliphatic carbocycles. The van der Waals surface area contributed by atoms with Gasteiger partial charge < -0.3 is 23.7 Å². The van der Waals surface area contributed by atoms with Crippen LogP contribution in [0.2, 0.25) is 0 Å². The summed E-state index contributed by atoms with van der Waals surface area (Å²) in [6, 6.07) is 9.61. The molecule has 0 saturated carbocycles. The van der Waals surface area contributed by atoms with Gasteiger partial charge in [0, 0.05) is 39.3 Å². The molecule has 0 aliphatic heterocycles. The zero-order chi connectivity index (χ0) is 21.4. The normalized spacial score (nSPS) is 10.8. The van der Waals surface area contributed by atoms with Crippen LogP contribution in [-0.4, -0.2) is 62.3 Å². The van der Waals surface area contributed by atoms with Gasteiger partial charge in [0.25, 0.3) is 0 Å². The van der Waals surface area contributed by atoms with Crippen LogP contribution in [0.3, 0.4) is 0 Å². The van der Waals surface area contributed by atoms with Gasteiger partial charge in [0.2, 0.25) is 0 Å². The Bertz CT molecular complexity index is 578. The molecule has 0 heterocycles. The van der Waals surface area contributed by atoms with Crippen LogP contribution in [0.15, 0.2) is 30.3 Å². The first-order valence-corrected chi connectivity index (χ1v) is 10.8. The van der Waals surface area contributed by atoms with Crippen molar-refractivity contribution in [3.63, 3.8) is 0 Å². The topological polar surface area (TPSA) is 80.3 Å². The van der Waals surface area contributed by atoms with Crippen molar-refractivity contribution in [3.8, 4) is 0 Å². The minimum Gasteiger partial charge on any atom is -0.460 e. The zero-order valence-electron chi connectivity index (χ0n) is 18.1. The molecule has 1 radical (unpaired) electrons. The first-order valence-electron chi connectivity index (χ1n) is 9.65. The van der Waals surface area contributed by atoms with E-state index < -0.39 is 11.8 Å². The molecule has 1 aromatic carbocycles. The molecule has 0 bridgehead atoms. The molecule has 0 saturated heterocycles. The van der Waals surface area contributed by atoms with E-state index in [9.17, 15) is 9.59 Å². The van der Waals surface area contributed by atoms with Crippen LogP contribution in [0.25, 0.3) is 0 Å². The molecule has 0 N–H and O–H groups in total. The van der Waals surface area contributed by atoms with E-state index >= 15 is 0 Å². The third-order valence-electron chi connectivity index (χ3n) is 3.25. The molecule has 30 heavy (non-hydrogen) atoms. The van der Waals surface area contributed by atoms with E-state index in [1.165, 1.54) is 11.8 Å². The predicted molar refractivity (Wildman–Crippen MR) is 112 cm³/mol. The molecule has 0 unspecified atom stereocenters. The van der Waals surface area contributed by atoms with E-state index in [1.54, 1.807) is 20.8 Å².